The van der Waals surface area contributed by atoms with E-state index in [1.807, 2.05) is 18.5 Å². The molecule has 4 heteroatoms. The van der Waals surface area contributed by atoms with Crippen LogP contribution in [0, 0.1) is 17.7 Å². The summed E-state index contributed by atoms with van der Waals surface area (Å²) >= 11 is 0. The molecule has 0 aliphatic heterocycles. The van der Waals surface area contributed by atoms with Crippen molar-refractivity contribution < 1.29 is 9.13 Å². The fourth-order valence-corrected chi connectivity index (χ4v) is 3.46. The molecule has 29 heavy (non-hydrogen) atoms. The lowest BCUT2D eigenvalue weighted by Gasteiger charge is -2.12. The maximum Gasteiger partial charge on any atom is 0.165 e. The third-order valence-electron chi connectivity index (χ3n) is 5.21. The van der Waals surface area contributed by atoms with Gasteiger partial charge in [-0.15, -0.1) is 0 Å². The maximum absolute atomic E-state index is 14.4. The number of unbranched alkanes of at least 4 members (excludes halogenated alkanes) is 3. The molecular weight excluding hydrogens is 363 g/mol. The maximum atomic E-state index is 14.4. The smallest absolute Gasteiger partial charge is 0.165 e. The Morgan fingerprint density at radius 2 is 1.72 bits per heavy atom. The second-order valence-electron chi connectivity index (χ2n) is 8.60. The number of benzene rings is 1. The Morgan fingerprint density at radius 3 is 2.38 bits per heavy atom. The molecule has 1 aromatic heterocycles. The second kappa shape index (κ2) is 12.6. The molecule has 2 aromatic rings. The molecule has 0 saturated carbocycles. The second-order valence-corrected chi connectivity index (χ2v) is 8.60. The zero-order chi connectivity index (χ0) is 21.1. The molecule has 0 bridgehead atoms. The first-order valence-corrected chi connectivity index (χ1v) is 11.2. The van der Waals surface area contributed by atoms with Crippen LogP contribution >= 0.6 is 0 Å². The number of nitrogens with zero attached hydrogens (tertiary/aromatic N) is 2. The van der Waals surface area contributed by atoms with Crippen LogP contribution in [0.1, 0.15) is 78.2 Å². The number of rotatable bonds is 13. The Morgan fingerprint density at radius 1 is 0.966 bits per heavy atom. The van der Waals surface area contributed by atoms with Gasteiger partial charge in [0.05, 0.1) is 6.61 Å². The van der Waals surface area contributed by atoms with E-state index in [1.54, 1.807) is 6.07 Å². The summed E-state index contributed by atoms with van der Waals surface area (Å²) in [5.41, 5.74) is 1.82. The van der Waals surface area contributed by atoms with Gasteiger partial charge in [-0.05, 0) is 48.4 Å². The molecule has 1 heterocycles. The van der Waals surface area contributed by atoms with E-state index < -0.39 is 0 Å². The number of halogens is 1. The largest absolute Gasteiger partial charge is 0.491 e. The number of hydrogen-bond acceptors (Lipinski definition) is 3. The van der Waals surface area contributed by atoms with Crippen molar-refractivity contribution in [1.82, 2.24) is 9.97 Å². The minimum atomic E-state index is -0.357. The van der Waals surface area contributed by atoms with Gasteiger partial charge in [-0.3, -0.25) is 0 Å². The van der Waals surface area contributed by atoms with Crippen LogP contribution in [0.15, 0.2) is 30.6 Å². The van der Waals surface area contributed by atoms with Crippen molar-refractivity contribution in [2.45, 2.75) is 79.1 Å². The molecule has 160 valence electrons. The van der Waals surface area contributed by atoms with Gasteiger partial charge in [0.1, 0.15) is 0 Å². The highest BCUT2D eigenvalue weighted by Gasteiger charge is 2.10. The van der Waals surface area contributed by atoms with Crippen molar-refractivity contribution in [2.24, 2.45) is 11.8 Å². The van der Waals surface area contributed by atoms with Crippen LogP contribution in [0.2, 0.25) is 0 Å². The van der Waals surface area contributed by atoms with E-state index in [4.69, 9.17) is 4.74 Å². The Labute approximate surface area is 176 Å². The van der Waals surface area contributed by atoms with E-state index in [2.05, 4.69) is 37.7 Å². The average Bonchev–Trinajstić information content (AvgIpc) is 2.69. The van der Waals surface area contributed by atoms with Crippen LogP contribution in [0.4, 0.5) is 4.39 Å². The lowest BCUT2D eigenvalue weighted by molar-refractivity contribution is 0.290. The van der Waals surface area contributed by atoms with Crippen molar-refractivity contribution >= 4 is 0 Å². The van der Waals surface area contributed by atoms with Gasteiger partial charge in [-0.2, -0.15) is 0 Å². The number of aromatic nitrogens is 2. The van der Waals surface area contributed by atoms with E-state index >= 15 is 0 Å². The Bertz CT molecular complexity index is 715. The summed E-state index contributed by atoms with van der Waals surface area (Å²) in [6.07, 6.45) is 12.9. The average molecular weight is 401 g/mol. The van der Waals surface area contributed by atoms with Gasteiger partial charge in [-0.1, -0.05) is 66.2 Å². The first kappa shape index (κ1) is 23.3. The molecule has 0 fully saturated rings. The zero-order valence-corrected chi connectivity index (χ0v) is 18.6. The molecule has 2 rings (SSSR count). The minimum absolute atomic E-state index is 0.303. The lowest BCUT2D eigenvalue weighted by atomic mass is 9.95. The first-order valence-electron chi connectivity index (χ1n) is 11.2. The van der Waals surface area contributed by atoms with E-state index in [-0.39, 0.29) is 5.82 Å². The molecule has 0 aliphatic carbocycles. The van der Waals surface area contributed by atoms with Gasteiger partial charge in [-0.25, -0.2) is 14.4 Å². The summed E-state index contributed by atoms with van der Waals surface area (Å²) in [6.45, 7) is 9.54. The van der Waals surface area contributed by atoms with Crippen molar-refractivity contribution in [1.29, 1.82) is 0 Å². The summed E-state index contributed by atoms with van der Waals surface area (Å²) in [6, 6.07) is 4.97. The van der Waals surface area contributed by atoms with Crippen molar-refractivity contribution in [2.75, 3.05) is 6.61 Å². The van der Waals surface area contributed by atoms with Crippen molar-refractivity contribution in [3.8, 4) is 17.1 Å². The summed E-state index contributed by atoms with van der Waals surface area (Å²) < 4.78 is 19.9. The molecule has 0 amide bonds. The fourth-order valence-electron chi connectivity index (χ4n) is 3.46. The van der Waals surface area contributed by atoms with Crippen LogP contribution in [-0.4, -0.2) is 16.6 Å². The van der Waals surface area contributed by atoms with Gasteiger partial charge >= 0.3 is 0 Å². The molecule has 0 aliphatic rings. The summed E-state index contributed by atoms with van der Waals surface area (Å²) in [5, 5.41) is 0. The van der Waals surface area contributed by atoms with Crippen molar-refractivity contribution in [3.63, 3.8) is 0 Å². The van der Waals surface area contributed by atoms with E-state index in [1.165, 1.54) is 38.2 Å². The van der Waals surface area contributed by atoms with Gasteiger partial charge in [0.25, 0.3) is 0 Å². The Kier molecular flexibility index (Phi) is 10.1. The van der Waals surface area contributed by atoms with E-state index in [0.29, 0.717) is 29.7 Å². The highest BCUT2D eigenvalue weighted by Crippen LogP contribution is 2.24. The van der Waals surface area contributed by atoms with Crippen LogP contribution in [0.5, 0.6) is 5.75 Å². The molecule has 3 nitrogen and oxygen atoms in total. The van der Waals surface area contributed by atoms with E-state index in [9.17, 15) is 4.39 Å². The van der Waals surface area contributed by atoms with Crippen LogP contribution in [0.3, 0.4) is 0 Å². The molecule has 0 spiro atoms. The summed E-state index contributed by atoms with van der Waals surface area (Å²) in [7, 11) is 0. The molecule has 1 aromatic carbocycles. The standard InChI is InChI=1S/C25H37FN2O/c1-5-6-7-8-14-29-24-13-12-22(16-23(24)26)25-27-17-21(18-28-25)15-20(4)11-9-10-19(2)3/h12-13,16-20H,5-11,14-15H2,1-4H3. The number of ether oxygens (including phenoxy) is 1. The highest BCUT2D eigenvalue weighted by atomic mass is 19.1. The normalized spacial score (nSPS) is 12.3. The quantitative estimate of drug-likeness (QED) is 0.332. The van der Waals surface area contributed by atoms with Crippen LogP contribution < -0.4 is 4.74 Å². The Hall–Kier alpha value is -1.97. The van der Waals surface area contributed by atoms with Crippen LogP contribution in [0.25, 0.3) is 11.4 Å². The topological polar surface area (TPSA) is 35.0 Å². The Balaban J connectivity index is 1.88. The summed E-state index contributed by atoms with van der Waals surface area (Å²) in [4.78, 5) is 8.92. The molecule has 1 atom stereocenters. The van der Waals surface area contributed by atoms with Gasteiger partial charge in [0, 0.05) is 18.0 Å². The van der Waals surface area contributed by atoms with Gasteiger partial charge < -0.3 is 4.74 Å². The molecule has 0 radical (unpaired) electrons. The molecule has 0 N–H and O–H groups in total. The minimum Gasteiger partial charge on any atom is -0.491 e. The number of hydrogen-bond donors (Lipinski definition) is 0. The van der Waals surface area contributed by atoms with E-state index in [0.717, 1.165) is 30.7 Å². The SMILES string of the molecule is CCCCCCOc1ccc(-c2ncc(CC(C)CCCC(C)C)cn2)cc1F. The predicted octanol–water partition coefficient (Wildman–Crippen LogP) is 7.25. The lowest BCUT2D eigenvalue weighted by Crippen LogP contribution is -2.03. The zero-order valence-electron chi connectivity index (χ0n) is 18.6. The van der Waals surface area contributed by atoms with Crippen molar-refractivity contribution in [3.05, 3.63) is 42.0 Å². The monoisotopic (exact) mass is 400 g/mol. The fraction of sp³-hybridized carbons (Fsp3) is 0.600. The highest BCUT2D eigenvalue weighted by molar-refractivity contribution is 5.56. The predicted molar refractivity (Wildman–Crippen MR) is 119 cm³/mol. The molecule has 1 unspecified atom stereocenters. The summed E-state index contributed by atoms with van der Waals surface area (Å²) in [5.74, 6) is 1.88. The third kappa shape index (κ3) is 8.51. The van der Waals surface area contributed by atoms with Gasteiger partial charge in [0.15, 0.2) is 17.4 Å². The van der Waals surface area contributed by atoms with Gasteiger partial charge in [0.2, 0.25) is 0 Å². The molecule has 0 saturated heterocycles. The first-order chi connectivity index (χ1) is 14.0. The third-order valence-corrected chi connectivity index (χ3v) is 5.21. The molecular formula is C25H37FN2O. The van der Waals surface area contributed by atoms with Crippen LogP contribution in [-0.2, 0) is 6.42 Å².